The van der Waals surface area contributed by atoms with Crippen LogP contribution in [0.15, 0.2) is 85.0 Å². The predicted molar refractivity (Wildman–Crippen MR) is 111 cm³/mol. The van der Waals surface area contributed by atoms with Crippen molar-refractivity contribution in [2.24, 2.45) is 0 Å². The van der Waals surface area contributed by atoms with Crippen molar-refractivity contribution < 1.29 is 8.42 Å². The summed E-state index contributed by atoms with van der Waals surface area (Å²) in [7, 11) is -3.94. The molecule has 0 aliphatic heterocycles. The summed E-state index contributed by atoms with van der Waals surface area (Å²) in [5, 5.41) is 1.80. The van der Waals surface area contributed by atoms with Crippen molar-refractivity contribution in [3.8, 4) is 0 Å². The maximum absolute atomic E-state index is 13.3. The average Bonchev–Trinajstić information content (AvgIpc) is 3.37. The third-order valence-electron chi connectivity index (χ3n) is 5.25. The topological polar surface area (TPSA) is 34.1 Å². The van der Waals surface area contributed by atoms with Crippen LogP contribution in [0.4, 0.5) is 0 Å². The van der Waals surface area contributed by atoms with E-state index in [1.54, 1.807) is 0 Å². The highest BCUT2D eigenvalue weighted by atomic mass is 32.2. The van der Waals surface area contributed by atoms with Crippen LogP contribution in [-0.4, -0.2) is 24.6 Å². The maximum atomic E-state index is 13.3. The third-order valence-corrected chi connectivity index (χ3v) is 10.8. The normalized spacial score (nSPS) is 25.2. The smallest absolute Gasteiger partial charge is 0.163 e. The molecule has 0 radical (unpaired) electrons. The average molecular weight is 382 g/mol. The molecule has 3 atom stereocenters. The van der Waals surface area contributed by atoms with Crippen molar-refractivity contribution in [1.29, 1.82) is 0 Å². The molecule has 0 saturated carbocycles. The van der Waals surface area contributed by atoms with E-state index >= 15 is 0 Å². The molecule has 2 aliphatic carbocycles. The lowest BCUT2D eigenvalue weighted by Gasteiger charge is -2.31. The van der Waals surface area contributed by atoms with E-state index in [9.17, 15) is 8.42 Å². The van der Waals surface area contributed by atoms with Gasteiger partial charge in [-0.1, -0.05) is 85.0 Å². The molecule has 0 spiro atoms. The summed E-state index contributed by atoms with van der Waals surface area (Å²) in [6, 6.07) is 20.9. The molecule has 2 nitrogen and oxygen atoms in total. The SMILES string of the molecule is O=S(=O)(C1C=CCC1)C1C=CCC1P(c1ccccc1)c1ccccc1. The fourth-order valence-corrected chi connectivity index (χ4v) is 9.71. The monoisotopic (exact) mass is 382 g/mol. The molecule has 2 aliphatic rings. The molecule has 0 N–H and O–H groups in total. The third kappa shape index (κ3) is 3.31. The molecule has 4 heteroatoms. The van der Waals surface area contributed by atoms with E-state index < -0.39 is 17.8 Å². The fraction of sp³-hybridized carbons (Fsp3) is 0.273. The Balaban J connectivity index is 1.75. The molecule has 0 aromatic heterocycles. The quantitative estimate of drug-likeness (QED) is 0.580. The first-order chi connectivity index (χ1) is 12.7. The molecule has 2 aromatic rings. The second kappa shape index (κ2) is 7.50. The van der Waals surface area contributed by atoms with Crippen molar-refractivity contribution >= 4 is 28.4 Å². The first-order valence-corrected chi connectivity index (χ1v) is 12.2. The van der Waals surface area contributed by atoms with Gasteiger partial charge in [0.25, 0.3) is 0 Å². The Labute approximate surface area is 157 Å². The van der Waals surface area contributed by atoms with Crippen LogP contribution in [0, 0.1) is 0 Å². The summed E-state index contributed by atoms with van der Waals surface area (Å²) in [6.45, 7) is 0. The molecular weight excluding hydrogens is 359 g/mol. The molecule has 4 rings (SSSR count). The molecule has 0 fully saturated rings. The number of hydrogen-bond acceptors (Lipinski definition) is 2. The summed E-state index contributed by atoms with van der Waals surface area (Å²) in [5.74, 6) is 0. The van der Waals surface area contributed by atoms with E-state index in [2.05, 4.69) is 54.6 Å². The van der Waals surface area contributed by atoms with Crippen LogP contribution in [0.3, 0.4) is 0 Å². The summed E-state index contributed by atoms with van der Waals surface area (Å²) in [4.78, 5) is 0. The van der Waals surface area contributed by atoms with E-state index in [1.165, 1.54) is 10.6 Å². The van der Waals surface area contributed by atoms with Gasteiger partial charge in [-0.2, -0.15) is 0 Å². The molecular formula is C22H23O2PS. The minimum atomic E-state index is -3.21. The summed E-state index contributed by atoms with van der Waals surface area (Å²) in [5.41, 5.74) is 0.105. The Bertz CT molecular complexity index is 864. The summed E-state index contributed by atoms with van der Waals surface area (Å²) >= 11 is 0. The summed E-state index contributed by atoms with van der Waals surface area (Å²) in [6.07, 6.45) is 10.4. The Kier molecular flexibility index (Phi) is 5.11. The van der Waals surface area contributed by atoms with Crippen LogP contribution in [0.5, 0.6) is 0 Å². The van der Waals surface area contributed by atoms with Crippen molar-refractivity contribution in [2.75, 3.05) is 0 Å². The van der Waals surface area contributed by atoms with Gasteiger partial charge in [0.15, 0.2) is 9.84 Å². The van der Waals surface area contributed by atoms with Gasteiger partial charge in [-0.3, -0.25) is 0 Å². The van der Waals surface area contributed by atoms with Gasteiger partial charge in [-0.05, 0) is 37.8 Å². The zero-order valence-corrected chi connectivity index (χ0v) is 16.3. The molecule has 26 heavy (non-hydrogen) atoms. The van der Waals surface area contributed by atoms with E-state index in [4.69, 9.17) is 0 Å². The zero-order valence-electron chi connectivity index (χ0n) is 14.6. The minimum absolute atomic E-state index is 0.105. The van der Waals surface area contributed by atoms with Crippen LogP contribution in [0.2, 0.25) is 0 Å². The lowest BCUT2D eigenvalue weighted by Crippen LogP contribution is -2.37. The van der Waals surface area contributed by atoms with Gasteiger partial charge in [0, 0.05) is 5.66 Å². The standard InChI is InChI=1S/C22H23O2PS/c23-26(24,20-14-7-8-15-20)22-17-9-16-21(22)25(18-10-3-1-4-11-18)19-12-5-2-6-13-19/h1-7,9-14,17,20-22H,8,15-16H2. The lowest BCUT2D eigenvalue weighted by atomic mass is 10.3. The van der Waals surface area contributed by atoms with Crippen LogP contribution in [-0.2, 0) is 9.84 Å². The minimum Gasteiger partial charge on any atom is -0.228 e. The van der Waals surface area contributed by atoms with Crippen molar-refractivity contribution in [2.45, 2.75) is 35.4 Å². The highest BCUT2D eigenvalue weighted by Crippen LogP contribution is 2.48. The second-order valence-corrected chi connectivity index (χ2v) is 11.6. The molecule has 2 aromatic carbocycles. The fourth-order valence-electron chi connectivity index (χ4n) is 3.98. The van der Waals surface area contributed by atoms with Gasteiger partial charge in [0.2, 0.25) is 0 Å². The maximum Gasteiger partial charge on any atom is 0.163 e. The van der Waals surface area contributed by atoms with Crippen LogP contribution < -0.4 is 10.6 Å². The predicted octanol–water partition coefficient (Wildman–Crippen LogP) is 3.95. The van der Waals surface area contributed by atoms with Crippen LogP contribution in [0.25, 0.3) is 0 Å². The molecule has 0 amide bonds. The second-order valence-electron chi connectivity index (χ2n) is 6.87. The largest absolute Gasteiger partial charge is 0.228 e. The van der Waals surface area contributed by atoms with E-state index in [0.717, 1.165) is 19.3 Å². The lowest BCUT2D eigenvalue weighted by molar-refractivity contribution is 0.578. The summed E-state index contributed by atoms with van der Waals surface area (Å²) < 4.78 is 26.6. The van der Waals surface area contributed by atoms with Crippen molar-refractivity contribution in [3.63, 3.8) is 0 Å². The van der Waals surface area contributed by atoms with Gasteiger partial charge in [-0.15, -0.1) is 0 Å². The van der Waals surface area contributed by atoms with Crippen LogP contribution in [0.1, 0.15) is 19.3 Å². The van der Waals surface area contributed by atoms with Gasteiger partial charge < -0.3 is 0 Å². The van der Waals surface area contributed by atoms with Crippen molar-refractivity contribution in [3.05, 3.63) is 85.0 Å². The molecule has 3 unspecified atom stereocenters. The first-order valence-electron chi connectivity index (χ1n) is 9.13. The Morgan fingerprint density at radius 2 is 1.42 bits per heavy atom. The molecule has 0 bridgehead atoms. The Hall–Kier alpha value is -1.70. The number of benzene rings is 2. The van der Waals surface area contributed by atoms with E-state index in [0.29, 0.717) is 0 Å². The number of sulfone groups is 1. The number of rotatable bonds is 5. The van der Waals surface area contributed by atoms with Crippen molar-refractivity contribution in [1.82, 2.24) is 0 Å². The van der Waals surface area contributed by atoms with Gasteiger partial charge >= 0.3 is 0 Å². The Morgan fingerprint density at radius 3 is 1.96 bits per heavy atom. The van der Waals surface area contributed by atoms with Gasteiger partial charge in [0.1, 0.15) is 0 Å². The first kappa shape index (κ1) is 17.7. The van der Waals surface area contributed by atoms with Gasteiger partial charge in [0.05, 0.1) is 10.5 Å². The molecule has 0 saturated heterocycles. The van der Waals surface area contributed by atoms with Gasteiger partial charge in [-0.25, -0.2) is 8.42 Å². The highest BCUT2D eigenvalue weighted by Gasteiger charge is 2.42. The zero-order chi connectivity index (χ0) is 18.0. The molecule has 0 heterocycles. The Morgan fingerprint density at radius 1 is 0.808 bits per heavy atom. The number of allylic oxidation sites excluding steroid dienone is 2. The molecule has 134 valence electrons. The van der Waals surface area contributed by atoms with Crippen LogP contribution >= 0.6 is 7.92 Å². The number of hydrogen-bond donors (Lipinski definition) is 0. The highest BCUT2D eigenvalue weighted by molar-refractivity contribution is 7.93. The van der Waals surface area contributed by atoms with E-state index in [1.807, 2.05) is 30.4 Å². The van der Waals surface area contributed by atoms with E-state index in [-0.39, 0.29) is 16.2 Å².